The first kappa shape index (κ1) is 16.4. The Hall–Kier alpha value is -1.47. The van der Waals surface area contributed by atoms with Crippen molar-refractivity contribution in [3.05, 3.63) is 22.7 Å². The van der Waals surface area contributed by atoms with Crippen molar-refractivity contribution in [2.24, 2.45) is 5.92 Å². The van der Waals surface area contributed by atoms with Crippen molar-refractivity contribution in [2.75, 3.05) is 30.8 Å². The van der Waals surface area contributed by atoms with Crippen molar-refractivity contribution in [1.82, 2.24) is 4.90 Å². The number of nitrogen functional groups attached to an aromatic ring is 1. The van der Waals surface area contributed by atoms with Crippen LogP contribution in [0.1, 0.15) is 18.4 Å². The van der Waals surface area contributed by atoms with E-state index < -0.39 is 17.9 Å². The number of fused-ring (bicyclic) bond motifs is 3. The van der Waals surface area contributed by atoms with E-state index in [4.69, 9.17) is 17.3 Å². The van der Waals surface area contributed by atoms with Gasteiger partial charge < -0.3 is 10.6 Å². The van der Waals surface area contributed by atoms with Gasteiger partial charge in [0.15, 0.2) is 5.78 Å². The Labute approximate surface area is 137 Å². The average Bonchev–Trinajstić information content (AvgIpc) is 2.49. The number of alkyl halides is 3. The number of halogens is 4. The minimum atomic E-state index is -4.53. The van der Waals surface area contributed by atoms with Crippen LogP contribution in [-0.2, 0) is 11.0 Å². The van der Waals surface area contributed by atoms with E-state index in [0.717, 1.165) is 38.1 Å². The molecule has 23 heavy (non-hydrogen) atoms. The number of hydrogen-bond donors (Lipinski definition) is 1. The molecule has 0 amide bonds. The highest BCUT2D eigenvalue weighted by Crippen LogP contribution is 2.40. The fourth-order valence-corrected chi connectivity index (χ4v) is 3.66. The van der Waals surface area contributed by atoms with E-state index in [1.54, 1.807) is 7.05 Å². The molecular formula is C15H17ClF3N3O. The third-order valence-corrected chi connectivity index (χ3v) is 5.03. The van der Waals surface area contributed by atoms with Crippen molar-refractivity contribution < 1.29 is 18.0 Å². The van der Waals surface area contributed by atoms with Crippen LogP contribution in [0.15, 0.2) is 12.1 Å². The van der Waals surface area contributed by atoms with Crippen molar-refractivity contribution in [2.45, 2.75) is 25.2 Å². The molecule has 126 valence electrons. The second kappa shape index (κ2) is 5.56. The first-order valence-corrected chi connectivity index (χ1v) is 7.74. The monoisotopic (exact) mass is 347 g/mol. The summed E-state index contributed by atoms with van der Waals surface area (Å²) in [6, 6.07) is 1.77. The lowest BCUT2D eigenvalue weighted by Gasteiger charge is -2.48. The number of ketones is 1. The van der Waals surface area contributed by atoms with Gasteiger partial charge in [0.1, 0.15) is 6.17 Å². The molecule has 0 radical (unpaired) electrons. The van der Waals surface area contributed by atoms with Gasteiger partial charge in [0.25, 0.3) is 0 Å². The lowest BCUT2D eigenvalue weighted by molar-refractivity contribution is -0.137. The molecule has 3 aliphatic rings. The molecule has 1 unspecified atom stereocenters. The van der Waals surface area contributed by atoms with Crippen molar-refractivity contribution in [3.63, 3.8) is 0 Å². The maximum Gasteiger partial charge on any atom is 0.416 e. The highest BCUT2D eigenvalue weighted by atomic mass is 35.5. The summed E-state index contributed by atoms with van der Waals surface area (Å²) in [5.74, 6) is 0.0212. The van der Waals surface area contributed by atoms with E-state index in [-0.39, 0.29) is 28.1 Å². The number of Topliss-reactive ketones (excluding diaryl/α,β-unsaturated/α-hetero) is 1. The molecule has 0 aromatic heterocycles. The lowest BCUT2D eigenvalue weighted by Crippen LogP contribution is -2.62. The number of carbonyl (C=O) groups excluding carboxylic acids is 1. The number of anilines is 2. The summed E-state index contributed by atoms with van der Waals surface area (Å²) in [6.07, 6.45) is -3.49. The zero-order chi connectivity index (χ0) is 16.9. The highest BCUT2D eigenvalue weighted by Gasteiger charge is 2.44. The maximum atomic E-state index is 13.0. The second-order valence-electron chi connectivity index (χ2n) is 6.09. The summed E-state index contributed by atoms with van der Waals surface area (Å²) in [5, 5.41) is -0.162. The van der Waals surface area contributed by atoms with Crippen molar-refractivity contribution >= 4 is 28.8 Å². The van der Waals surface area contributed by atoms with Crippen molar-refractivity contribution in [3.8, 4) is 0 Å². The Morgan fingerprint density at radius 1 is 1.30 bits per heavy atom. The summed E-state index contributed by atoms with van der Waals surface area (Å²) < 4.78 is 39.0. The topological polar surface area (TPSA) is 49.6 Å². The first-order valence-electron chi connectivity index (χ1n) is 7.37. The maximum absolute atomic E-state index is 13.0. The van der Waals surface area contributed by atoms with Crippen LogP contribution in [-0.4, -0.2) is 37.0 Å². The number of nitrogens with two attached hydrogens (primary N) is 1. The fourth-order valence-electron chi connectivity index (χ4n) is 3.45. The normalized spacial score (nSPS) is 27.3. The highest BCUT2D eigenvalue weighted by molar-refractivity contribution is 6.33. The van der Waals surface area contributed by atoms with Crippen LogP contribution in [0.3, 0.4) is 0 Å². The molecule has 4 nitrogen and oxygen atoms in total. The summed E-state index contributed by atoms with van der Waals surface area (Å²) >= 11 is 5.87. The van der Waals surface area contributed by atoms with E-state index in [1.807, 2.05) is 4.90 Å². The SMILES string of the molecule is CN(c1cc(C(F)(F)F)cc(Cl)c1N)C1C(=O)C2CCN1CC2. The van der Waals surface area contributed by atoms with E-state index in [1.165, 1.54) is 4.90 Å². The number of piperidine rings is 3. The predicted molar refractivity (Wildman–Crippen MR) is 82.4 cm³/mol. The Kier molecular flexibility index (Phi) is 3.96. The van der Waals surface area contributed by atoms with Gasteiger partial charge in [-0.1, -0.05) is 11.6 Å². The molecule has 3 saturated heterocycles. The molecule has 2 N–H and O–H groups in total. The Bertz CT molecular complexity index is 642. The van der Waals surface area contributed by atoms with E-state index in [9.17, 15) is 18.0 Å². The molecule has 2 bridgehead atoms. The van der Waals surface area contributed by atoms with Crippen LogP contribution in [0.4, 0.5) is 24.5 Å². The Balaban J connectivity index is 2.00. The number of benzene rings is 1. The van der Waals surface area contributed by atoms with Crippen LogP contribution in [0.5, 0.6) is 0 Å². The molecule has 0 aliphatic carbocycles. The van der Waals surface area contributed by atoms with Crippen LogP contribution >= 0.6 is 11.6 Å². The van der Waals surface area contributed by atoms with Crippen LogP contribution in [0.2, 0.25) is 5.02 Å². The summed E-state index contributed by atoms with van der Waals surface area (Å²) in [5.41, 5.74) is 5.19. The Morgan fingerprint density at radius 3 is 2.43 bits per heavy atom. The van der Waals surface area contributed by atoms with Gasteiger partial charge in [-0.15, -0.1) is 0 Å². The fraction of sp³-hybridized carbons (Fsp3) is 0.533. The molecule has 4 rings (SSSR count). The zero-order valence-corrected chi connectivity index (χ0v) is 13.3. The van der Waals surface area contributed by atoms with Crippen LogP contribution < -0.4 is 10.6 Å². The van der Waals surface area contributed by atoms with E-state index in [0.29, 0.717) is 0 Å². The summed E-state index contributed by atoms with van der Waals surface area (Å²) in [7, 11) is 1.59. The molecule has 0 spiro atoms. The standard InChI is InChI=1S/C15H17ClF3N3O/c1-21(14-13(23)8-2-4-22(14)5-3-8)11-7-9(15(17,18)19)6-10(16)12(11)20/h6-8,14H,2-5,20H2,1H3. The largest absolute Gasteiger partial charge is 0.416 e. The minimum absolute atomic E-state index is 0.0186. The third kappa shape index (κ3) is 2.76. The number of likely N-dealkylation sites (N-methyl/N-ethyl adjacent to an activating group) is 1. The number of carbonyl (C=O) groups is 1. The first-order chi connectivity index (χ1) is 10.7. The van der Waals surface area contributed by atoms with Gasteiger partial charge in [-0.05, 0) is 25.0 Å². The van der Waals surface area contributed by atoms with Crippen LogP contribution in [0, 0.1) is 5.92 Å². The van der Waals surface area contributed by atoms with Gasteiger partial charge in [-0.25, -0.2) is 0 Å². The van der Waals surface area contributed by atoms with Gasteiger partial charge in [-0.2, -0.15) is 13.2 Å². The van der Waals surface area contributed by atoms with Gasteiger partial charge in [0, 0.05) is 26.1 Å². The van der Waals surface area contributed by atoms with Gasteiger partial charge in [-0.3, -0.25) is 9.69 Å². The molecule has 8 heteroatoms. The van der Waals surface area contributed by atoms with E-state index in [2.05, 4.69) is 0 Å². The average molecular weight is 348 g/mol. The van der Waals surface area contributed by atoms with E-state index >= 15 is 0 Å². The zero-order valence-electron chi connectivity index (χ0n) is 12.5. The molecule has 3 aliphatic heterocycles. The molecule has 1 atom stereocenters. The van der Waals surface area contributed by atoms with Gasteiger partial charge >= 0.3 is 6.18 Å². The third-order valence-electron chi connectivity index (χ3n) is 4.71. The second-order valence-corrected chi connectivity index (χ2v) is 6.49. The van der Waals surface area contributed by atoms with Gasteiger partial charge in [0.05, 0.1) is 22.0 Å². The molecule has 3 fully saturated rings. The number of hydrogen-bond acceptors (Lipinski definition) is 4. The number of rotatable bonds is 2. The lowest BCUT2D eigenvalue weighted by atomic mass is 9.84. The number of nitrogens with zero attached hydrogens (tertiary/aromatic N) is 2. The quantitative estimate of drug-likeness (QED) is 0.836. The summed E-state index contributed by atoms with van der Waals surface area (Å²) in [6.45, 7) is 1.52. The van der Waals surface area contributed by atoms with Crippen molar-refractivity contribution in [1.29, 1.82) is 0 Å². The molecule has 1 aromatic rings. The predicted octanol–water partition coefficient (Wildman–Crippen LogP) is 3.00. The van der Waals surface area contributed by atoms with Crippen LogP contribution in [0.25, 0.3) is 0 Å². The molecule has 3 heterocycles. The Morgan fingerprint density at radius 2 is 1.91 bits per heavy atom. The molecule has 1 aromatic carbocycles. The molecule has 0 saturated carbocycles. The smallest absolute Gasteiger partial charge is 0.396 e. The minimum Gasteiger partial charge on any atom is -0.396 e. The summed E-state index contributed by atoms with van der Waals surface area (Å²) in [4.78, 5) is 16.0. The molecular weight excluding hydrogens is 331 g/mol. The van der Waals surface area contributed by atoms with Gasteiger partial charge in [0.2, 0.25) is 0 Å².